The van der Waals surface area contributed by atoms with E-state index in [0.717, 1.165) is 12.8 Å². The maximum atomic E-state index is 10.5. The second-order valence-corrected chi connectivity index (χ2v) is 4.51. The van der Waals surface area contributed by atoms with E-state index in [-0.39, 0.29) is 5.97 Å². The first kappa shape index (κ1) is 16.2. The number of hydrogen-bond acceptors (Lipinski definition) is 2. The average molecular weight is 240 g/mol. The van der Waals surface area contributed by atoms with Crippen molar-refractivity contribution < 1.29 is 9.53 Å². The van der Waals surface area contributed by atoms with Crippen LogP contribution in [-0.4, -0.2) is 12.6 Å². The van der Waals surface area contributed by atoms with Crippen LogP contribution in [0.3, 0.4) is 0 Å². The van der Waals surface area contributed by atoms with Crippen LogP contribution in [0.15, 0.2) is 12.2 Å². The maximum absolute atomic E-state index is 10.5. The summed E-state index contributed by atoms with van der Waals surface area (Å²) in [7, 11) is 0. The number of unbranched alkanes of at least 4 members (excludes halogenated alkanes) is 7. The van der Waals surface area contributed by atoms with Gasteiger partial charge in [-0.3, -0.25) is 4.79 Å². The molecule has 0 spiro atoms. The van der Waals surface area contributed by atoms with Gasteiger partial charge in [-0.25, -0.2) is 0 Å². The van der Waals surface area contributed by atoms with Crippen molar-refractivity contribution in [3.8, 4) is 0 Å². The molecule has 2 nitrogen and oxygen atoms in total. The van der Waals surface area contributed by atoms with E-state index in [1.165, 1.54) is 51.9 Å². The molecule has 0 atom stereocenters. The summed E-state index contributed by atoms with van der Waals surface area (Å²) in [6.45, 7) is 4.21. The minimum atomic E-state index is -0.189. The monoisotopic (exact) mass is 240 g/mol. The number of rotatable bonds is 11. The number of ether oxygens (including phenoxy) is 1. The topological polar surface area (TPSA) is 26.3 Å². The Morgan fingerprint density at radius 1 is 0.941 bits per heavy atom. The van der Waals surface area contributed by atoms with Crippen LogP contribution in [-0.2, 0) is 9.53 Å². The van der Waals surface area contributed by atoms with Gasteiger partial charge in [-0.05, 0) is 19.3 Å². The molecule has 0 aromatic heterocycles. The number of carbonyl (C=O) groups is 1. The largest absolute Gasteiger partial charge is 0.466 e. The molecule has 0 unspecified atom stereocenters. The highest BCUT2D eigenvalue weighted by molar-refractivity contribution is 5.65. The van der Waals surface area contributed by atoms with Gasteiger partial charge in [0.2, 0.25) is 0 Å². The Labute approximate surface area is 106 Å². The Kier molecular flexibility index (Phi) is 12.7. The number of hydrogen-bond donors (Lipinski definition) is 0. The molecule has 0 bridgehead atoms. The summed E-state index contributed by atoms with van der Waals surface area (Å²) in [5.74, 6) is -0.189. The van der Waals surface area contributed by atoms with Crippen LogP contribution in [0.1, 0.15) is 71.6 Å². The second-order valence-electron chi connectivity index (χ2n) is 4.51. The average Bonchev–Trinajstić information content (AvgIpc) is 2.30. The van der Waals surface area contributed by atoms with Crippen LogP contribution < -0.4 is 0 Å². The zero-order valence-corrected chi connectivity index (χ0v) is 11.5. The van der Waals surface area contributed by atoms with E-state index in [1.54, 1.807) is 0 Å². The molecule has 0 N–H and O–H groups in total. The SMILES string of the molecule is CCCCCCCCCC=CCCOC(C)=O. The van der Waals surface area contributed by atoms with E-state index in [1.807, 2.05) is 0 Å². The smallest absolute Gasteiger partial charge is 0.302 e. The zero-order valence-electron chi connectivity index (χ0n) is 11.5. The normalized spacial score (nSPS) is 10.9. The fraction of sp³-hybridized carbons (Fsp3) is 0.800. The van der Waals surface area contributed by atoms with Gasteiger partial charge in [0.1, 0.15) is 0 Å². The number of esters is 1. The van der Waals surface area contributed by atoms with Gasteiger partial charge in [0.15, 0.2) is 0 Å². The highest BCUT2D eigenvalue weighted by Crippen LogP contribution is 2.08. The van der Waals surface area contributed by atoms with Gasteiger partial charge in [0.05, 0.1) is 6.61 Å². The molecule has 0 heterocycles. The van der Waals surface area contributed by atoms with Crippen molar-refractivity contribution in [3.05, 3.63) is 12.2 Å². The predicted octanol–water partition coefficient (Wildman–Crippen LogP) is 4.64. The molecule has 0 aliphatic rings. The zero-order chi connectivity index (χ0) is 12.8. The van der Waals surface area contributed by atoms with E-state index in [9.17, 15) is 4.79 Å². The first-order chi connectivity index (χ1) is 8.27. The van der Waals surface area contributed by atoms with Crippen LogP contribution >= 0.6 is 0 Å². The van der Waals surface area contributed by atoms with Crippen LogP contribution in [0.2, 0.25) is 0 Å². The molecular weight excluding hydrogens is 212 g/mol. The lowest BCUT2D eigenvalue weighted by atomic mass is 10.1. The molecule has 0 aromatic rings. The standard InChI is InChI=1S/C15H28O2/c1-3-4-5-6-7-8-9-10-11-12-13-14-17-15(2)16/h11-12H,3-10,13-14H2,1-2H3. The summed E-state index contributed by atoms with van der Waals surface area (Å²) in [6, 6.07) is 0. The Bertz CT molecular complexity index is 197. The van der Waals surface area contributed by atoms with Crippen molar-refractivity contribution in [1.29, 1.82) is 0 Å². The highest BCUT2D eigenvalue weighted by Gasteiger charge is 1.90. The molecule has 0 saturated heterocycles. The lowest BCUT2D eigenvalue weighted by Crippen LogP contribution is -1.98. The minimum absolute atomic E-state index is 0.189. The maximum Gasteiger partial charge on any atom is 0.302 e. The van der Waals surface area contributed by atoms with Gasteiger partial charge in [0, 0.05) is 6.92 Å². The first-order valence-electron chi connectivity index (χ1n) is 7.05. The van der Waals surface area contributed by atoms with E-state index in [2.05, 4.69) is 19.1 Å². The Morgan fingerprint density at radius 2 is 1.53 bits per heavy atom. The molecule has 100 valence electrons. The fourth-order valence-corrected chi connectivity index (χ4v) is 1.73. The Hall–Kier alpha value is -0.790. The Morgan fingerprint density at radius 3 is 2.18 bits per heavy atom. The third-order valence-corrected chi connectivity index (χ3v) is 2.73. The van der Waals surface area contributed by atoms with Crippen molar-refractivity contribution in [2.45, 2.75) is 71.6 Å². The van der Waals surface area contributed by atoms with Crippen LogP contribution in [0.4, 0.5) is 0 Å². The van der Waals surface area contributed by atoms with Crippen LogP contribution in [0.5, 0.6) is 0 Å². The van der Waals surface area contributed by atoms with Crippen molar-refractivity contribution >= 4 is 5.97 Å². The lowest BCUT2D eigenvalue weighted by molar-refractivity contribution is -0.140. The van der Waals surface area contributed by atoms with E-state index < -0.39 is 0 Å². The second kappa shape index (κ2) is 13.3. The third-order valence-electron chi connectivity index (χ3n) is 2.73. The summed E-state index contributed by atoms with van der Waals surface area (Å²) >= 11 is 0. The predicted molar refractivity (Wildman–Crippen MR) is 73.0 cm³/mol. The molecule has 2 heteroatoms. The molecule has 0 aromatic carbocycles. The van der Waals surface area contributed by atoms with Crippen molar-refractivity contribution in [3.63, 3.8) is 0 Å². The van der Waals surface area contributed by atoms with E-state index >= 15 is 0 Å². The lowest BCUT2D eigenvalue weighted by Gasteiger charge is -1.99. The van der Waals surface area contributed by atoms with Crippen molar-refractivity contribution in [1.82, 2.24) is 0 Å². The summed E-state index contributed by atoms with van der Waals surface area (Å²) in [4.78, 5) is 10.5. The fourth-order valence-electron chi connectivity index (χ4n) is 1.73. The van der Waals surface area contributed by atoms with Crippen LogP contribution in [0, 0.1) is 0 Å². The molecule has 0 radical (unpaired) electrons. The summed E-state index contributed by atoms with van der Waals surface area (Å²) in [5.41, 5.74) is 0. The molecule has 0 rings (SSSR count). The quantitative estimate of drug-likeness (QED) is 0.299. The minimum Gasteiger partial charge on any atom is -0.466 e. The first-order valence-corrected chi connectivity index (χ1v) is 7.05. The van der Waals surface area contributed by atoms with E-state index in [0.29, 0.717) is 6.61 Å². The summed E-state index contributed by atoms with van der Waals surface area (Å²) in [6.07, 6.45) is 15.8. The van der Waals surface area contributed by atoms with Gasteiger partial charge < -0.3 is 4.74 Å². The summed E-state index contributed by atoms with van der Waals surface area (Å²) in [5, 5.41) is 0. The van der Waals surface area contributed by atoms with Crippen molar-refractivity contribution in [2.75, 3.05) is 6.61 Å². The van der Waals surface area contributed by atoms with Gasteiger partial charge in [-0.15, -0.1) is 0 Å². The van der Waals surface area contributed by atoms with E-state index in [4.69, 9.17) is 4.74 Å². The molecule has 0 aliphatic heterocycles. The molecule has 0 amide bonds. The van der Waals surface area contributed by atoms with Gasteiger partial charge in [-0.1, -0.05) is 57.6 Å². The molecular formula is C15H28O2. The molecule has 0 aliphatic carbocycles. The van der Waals surface area contributed by atoms with Gasteiger partial charge in [-0.2, -0.15) is 0 Å². The Balaban J connectivity index is 3.06. The molecule has 0 saturated carbocycles. The molecule has 0 fully saturated rings. The van der Waals surface area contributed by atoms with Crippen LogP contribution in [0.25, 0.3) is 0 Å². The third kappa shape index (κ3) is 15.2. The number of carbonyl (C=O) groups excluding carboxylic acids is 1. The van der Waals surface area contributed by atoms with Gasteiger partial charge in [0.25, 0.3) is 0 Å². The number of allylic oxidation sites excluding steroid dienone is 1. The molecule has 17 heavy (non-hydrogen) atoms. The summed E-state index contributed by atoms with van der Waals surface area (Å²) < 4.78 is 4.83. The van der Waals surface area contributed by atoms with Crippen molar-refractivity contribution in [2.24, 2.45) is 0 Å². The van der Waals surface area contributed by atoms with Gasteiger partial charge >= 0.3 is 5.97 Å². The highest BCUT2D eigenvalue weighted by atomic mass is 16.5.